The average molecular weight is 584 g/mol. The molecule has 44 heavy (non-hydrogen) atoms. The average Bonchev–Trinajstić information content (AvgIpc) is 3.45. The number of fused-ring (bicyclic) bond motifs is 3. The highest BCUT2D eigenvalue weighted by Gasteiger charge is 2.39. The minimum atomic E-state index is -0.493. The number of azo groups is 1. The lowest BCUT2D eigenvalue weighted by Gasteiger charge is -2.39. The molecule has 9 nitrogen and oxygen atoms in total. The van der Waals surface area contributed by atoms with Gasteiger partial charge in [-0.3, -0.25) is 28.8 Å². The molecule has 5 aromatic rings. The molecule has 0 radical (unpaired) electrons. The summed E-state index contributed by atoms with van der Waals surface area (Å²) in [5, 5.41) is 20.4. The van der Waals surface area contributed by atoms with Crippen LogP contribution in [0.3, 0.4) is 0 Å². The number of aromatic nitrogens is 1. The Labute approximate surface area is 253 Å². The molecule has 7 rings (SSSR count). The quantitative estimate of drug-likeness (QED) is 0.183. The summed E-state index contributed by atoms with van der Waals surface area (Å²) in [5.41, 5.74) is 5.19. The number of aryl methyl sites for hydroxylation is 1. The predicted molar refractivity (Wildman–Crippen MR) is 165 cm³/mol. The van der Waals surface area contributed by atoms with Crippen LogP contribution in [0.25, 0.3) is 10.9 Å². The molecule has 1 atom stereocenters. The molecule has 218 valence electrons. The van der Waals surface area contributed by atoms with E-state index in [0.29, 0.717) is 28.6 Å². The van der Waals surface area contributed by atoms with Crippen LogP contribution in [-0.2, 0) is 13.1 Å². The summed E-state index contributed by atoms with van der Waals surface area (Å²) in [7, 11) is 0. The van der Waals surface area contributed by atoms with Gasteiger partial charge in [-0.2, -0.15) is 0 Å². The molecule has 1 N–H and O–H groups in total. The molecule has 0 saturated carbocycles. The number of hydrogen-bond donors (Lipinski definition) is 1. The van der Waals surface area contributed by atoms with E-state index in [1.165, 1.54) is 4.90 Å². The maximum absolute atomic E-state index is 13.3. The predicted octanol–water partition coefficient (Wildman–Crippen LogP) is 6.43. The van der Waals surface area contributed by atoms with E-state index in [0.717, 1.165) is 28.6 Å². The van der Waals surface area contributed by atoms with Gasteiger partial charge in [-0.15, -0.1) is 10.2 Å². The number of nitrogens with zero attached hydrogens (tertiary/aromatic N) is 5. The first-order chi connectivity index (χ1) is 21.4. The minimum absolute atomic E-state index is 0.120. The molecule has 1 aromatic heterocycles. The second kappa shape index (κ2) is 11.0. The van der Waals surface area contributed by atoms with Gasteiger partial charge in [0.15, 0.2) is 5.69 Å². The second-order valence-electron chi connectivity index (χ2n) is 11.1. The third-order valence-electron chi connectivity index (χ3n) is 8.61. The molecule has 3 heterocycles. The minimum Gasteiger partial charge on any atom is -0.493 e. The van der Waals surface area contributed by atoms with Crippen LogP contribution >= 0.6 is 0 Å². The zero-order valence-electron chi connectivity index (χ0n) is 24.1. The Balaban J connectivity index is 1.24. The topological polar surface area (TPSA) is 108 Å². The summed E-state index contributed by atoms with van der Waals surface area (Å²) in [6, 6.07) is 29.2. The molecule has 2 aliphatic rings. The molecule has 2 aliphatic heterocycles. The van der Waals surface area contributed by atoms with Crippen molar-refractivity contribution in [3.05, 3.63) is 130 Å². The molecule has 0 bridgehead atoms. The highest BCUT2D eigenvalue weighted by atomic mass is 16.3. The van der Waals surface area contributed by atoms with Crippen molar-refractivity contribution in [1.29, 1.82) is 0 Å². The van der Waals surface area contributed by atoms with E-state index in [1.54, 1.807) is 41.0 Å². The Kier molecular flexibility index (Phi) is 6.87. The molecule has 1 unspecified atom stereocenters. The van der Waals surface area contributed by atoms with Crippen LogP contribution in [0.5, 0.6) is 5.88 Å². The van der Waals surface area contributed by atoms with Crippen molar-refractivity contribution in [2.45, 2.75) is 26.1 Å². The Morgan fingerprint density at radius 3 is 2.30 bits per heavy atom. The Hall–Kier alpha value is -5.41. The highest BCUT2D eigenvalue weighted by Crippen LogP contribution is 2.41. The fourth-order valence-corrected chi connectivity index (χ4v) is 6.32. The molecular formula is C35H29N5O4. The zero-order valence-corrected chi connectivity index (χ0v) is 24.1. The standard InChI is InChI=1S/C35H29N5O4/c1-22-10-2-4-12-24(22)32(41)37-36-31-28-16-8-9-17-29(28)40(35(31)44)21-38-19-18-23-11-3-5-13-25(23)30(38)20-39-33(42)26-14-6-7-15-27(26)34(39)43/h2-17,30,44H,18-21H2,1H3. The number of amides is 3. The third kappa shape index (κ3) is 4.58. The second-order valence-corrected chi connectivity index (χ2v) is 11.1. The van der Waals surface area contributed by atoms with E-state index in [-0.39, 0.29) is 42.6 Å². The molecular weight excluding hydrogens is 554 g/mol. The van der Waals surface area contributed by atoms with Crippen LogP contribution in [0.1, 0.15) is 53.8 Å². The zero-order chi connectivity index (χ0) is 30.4. The van der Waals surface area contributed by atoms with Crippen LogP contribution in [-0.4, -0.2) is 50.3 Å². The summed E-state index contributed by atoms with van der Waals surface area (Å²) in [5.74, 6) is -1.22. The van der Waals surface area contributed by atoms with Crippen LogP contribution in [0.4, 0.5) is 5.69 Å². The van der Waals surface area contributed by atoms with E-state index >= 15 is 0 Å². The number of hydrogen-bond acceptors (Lipinski definition) is 6. The summed E-state index contributed by atoms with van der Waals surface area (Å²) < 4.78 is 1.74. The van der Waals surface area contributed by atoms with Crippen molar-refractivity contribution in [2.75, 3.05) is 13.1 Å². The van der Waals surface area contributed by atoms with Gasteiger partial charge in [0.2, 0.25) is 5.88 Å². The number of aromatic hydroxyl groups is 1. The van der Waals surface area contributed by atoms with E-state index < -0.39 is 5.91 Å². The van der Waals surface area contributed by atoms with Gasteiger partial charge in [-0.05, 0) is 54.3 Å². The van der Waals surface area contributed by atoms with Gasteiger partial charge in [0.25, 0.3) is 17.7 Å². The van der Waals surface area contributed by atoms with Crippen LogP contribution in [0.15, 0.2) is 107 Å². The number of carbonyl (C=O) groups excluding carboxylic acids is 3. The summed E-state index contributed by atoms with van der Waals surface area (Å²) in [6.07, 6.45) is 0.770. The van der Waals surface area contributed by atoms with Crippen molar-refractivity contribution in [3.8, 4) is 5.88 Å². The van der Waals surface area contributed by atoms with Gasteiger partial charge in [0.05, 0.1) is 29.4 Å². The largest absolute Gasteiger partial charge is 0.493 e. The van der Waals surface area contributed by atoms with Crippen molar-refractivity contribution in [2.24, 2.45) is 10.2 Å². The molecule has 0 spiro atoms. The van der Waals surface area contributed by atoms with E-state index in [4.69, 9.17) is 0 Å². The first-order valence-electron chi connectivity index (χ1n) is 14.5. The number of imide groups is 1. The smallest absolute Gasteiger partial charge is 0.295 e. The third-order valence-corrected chi connectivity index (χ3v) is 8.61. The summed E-state index contributed by atoms with van der Waals surface area (Å²) in [4.78, 5) is 43.0. The van der Waals surface area contributed by atoms with Crippen LogP contribution in [0.2, 0.25) is 0 Å². The summed E-state index contributed by atoms with van der Waals surface area (Å²) in [6.45, 7) is 2.90. The van der Waals surface area contributed by atoms with Gasteiger partial charge in [0.1, 0.15) is 0 Å². The lowest BCUT2D eigenvalue weighted by atomic mass is 9.92. The molecule has 9 heteroatoms. The van der Waals surface area contributed by atoms with Crippen LogP contribution in [0, 0.1) is 6.92 Å². The van der Waals surface area contributed by atoms with Gasteiger partial charge >= 0.3 is 0 Å². The normalized spacial score (nSPS) is 16.6. The lowest BCUT2D eigenvalue weighted by Crippen LogP contribution is -2.44. The first kappa shape index (κ1) is 27.4. The van der Waals surface area contributed by atoms with Crippen molar-refractivity contribution >= 4 is 34.3 Å². The van der Waals surface area contributed by atoms with Crippen molar-refractivity contribution < 1.29 is 19.5 Å². The molecule has 0 fully saturated rings. The van der Waals surface area contributed by atoms with Gasteiger partial charge in [0, 0.05) is 24.0 Å². The van der Waals surface area contributed by atoms with Crippen molar-refractivity contribution in [3.63, 3.8) is 0 Å². The fraction of sp³-hybridized carbons (Fsp3) is 0.171. The first-order valence-corrected chi connectivity index (χ1v) is 14.5. The number of para-hydroxylation sites is 1. The number of rotatable bonds is 6. The number of carbonyl (C=O) groups is 3. The van der Waals surface area contributed by atoms with E-state index in [1.807, 2.05) is 61.5 Å². The summed E-state index contributed by atoms with van der Waals surface area (Å²) >= 11 is 0. The molecule has 4 aromatic carbocycles. The van der Waals surface area contributed by atoms with Gasteiger partial charge in [-0.25, -0.2) is 0 Å². The Morgan fingerprint density at radius 1 is 0.864 bits per heavy atom. The molecule has 0 aliphatic carbocycles. The SMILES string of the molecule is Cc1ccccc1C(=O)N=Nc1c(O)n(CN2CCc3ccccc3C2CN2C(=O)c3ccccc3C2=O)c2ccccc12. The van der Waals surface area contributed by atoms with Gasteiger partial charge < -0.3 is 5.11 Å². The van der Waals surface area contributed by atoms with E-state index in [9.17, 15) is 19.5 Å². The Bertz CT molecular complexity index is 1960. The maximum atomic E-state index is 13.3. The monoisotopic (exact) mass is 583 g/mol. The van der Waals surface area contributed by atoms with Gasteiger partial charge in [-0.1, -0.05) is 72.8 Å². The maximum Gasteiger partial charge on any atom is 0.295 e. The van der Waals surface area contributed by atoms with Crippen molar-refractivity contribution in [1.82, 2.24) is 14.4 Å². The lowest BCUT2D eigenvalue weighted by molar-refractivity contribution is 0.0543. The fourth-order valence-electron chi connectivity index (χ4n) is 6.32. The Morgan fingerprint density at radius 2 is 1.52 bits per heavy atom. The van der Waals surface area contributed by atoms with Crippen LogP contribution < -0.4 is 0 Å². The van der Waals surface area contributed by atoms with E-state index in [2.05, 4.69) is 21.2 Å². The molecule has 3 amide bonds. The number of benzene rings is 4. The molecule has 0 saturated heterocycles. The highest BCUT2D eigenvalue weighted by molar-refractivity contribution is 6.21.